The quantitative estimate of drug-likeness (QED) is 0.775. The van der Waals surface area contributed by atoms with Crippen molar-refractivity contribution in [1.29, 1.82) is 10.5 Å². The molecule has 1 amide bonds. The number of hydrogen-bond donors (Lipinski definition) is 0. The van der Waals surface area contributed by atoms with Crippen molar-refractivity contribution in [2.45, 2.75) is 46.3 Å². The second-order valence-corrected chi connectivity index (χ2v) is 7.05. The SMILES string of the molecule is CC1=CC(C#N)(C#N)[C@H](c2cccc(C)c2)N1C(=O)OC(C)(C)C. The smallest absolute Gasteiger partial charge is 0.415 e. The van der Waals surface area contributed by atoms with E-state index in [4.69, 9.17) is 4.74 Å². The Bertz CT molecular complexity index is 761. The standard InChI is InChI=1S/C19H21N3O2/c1-13-7-6-8-15(9-13)16-19(11-20,12-21)10-14(2)22(16)17(23)24-18(3,4)5/h6-10,16H,1-5H3/t16-/m0/s1. The van der Waals surface area contributed by atoms with Crippen LogP contribution in [0.1, 0.15) is 44.9 Å². The fourth-order valence-corrected chi connectivity index (χ4v) is 2.91. The van der Waals surface area contributed by atoms with Crippen molar-refractivity contribution < 1.29 is 9.53 Å². The number of nitrogens with zero attached hydrogens (tertiary/aromatic N) is 3. The highest BCUT2D eigenvalue weighted by atomic mass is 16.6. The van der Waals surface area contributed by atoms with E-state index in [0.717, 1.165) is 11.1 Å². The molecule has 0 aliphatic carbocycles. The third kappa shape index (κ3) is 3.12. The fourth-order valence-electron chi connectivity index (χ4n) is 2.91. The molecule has 0 unspecified atom stereocenters. The number of nitriles is 2. The van der Waals surface area contributed by atoms with Crippen LogP contribution in [-0.4, -0.2) is 16.6 Å². The maximum atomic E-state index is 12.7. The number of aryl methyl sites for hydroxylation is 1. The second kappa shape index (κ2) is 6.02. The Labute approximate surface area is 142 Å². The lowest BCUT2D eigenvalue weighted by molar-refractivity contribution is 0.0232. The van der Waals surface area contributed by atoms with Crippen LogP contribution in [0, 0.1) is 35.0 Å². The van der Waals surface area contributed by atoms with Gasteiger partial charge in [0.1, 0.15) is 11.6 Å². The molecular weight excluding hydrogens is 302 g/mol. The minimum Gasteiger partial charge on any atom is -0.443 e. The van der Waals surface area contributed by atoms with Crippen LogP contribution in [0.5, 0.6) is 0 Å². The van der Waals surface area contributed by atoms with E-state index in [2.05, 4.69) is 12.1 Å². The number of carbonyl (C=O) groups is 1. The lowest BCUT2D eigenvalue weighted by Gasteiger charge is -2.33. The number of carbonyl (C=O) groups excluding carboxylic acids is 1. The molecule has 5 nitrogen and oxygen atoms in total. The normalized spacial score (nSPS) is 19.2. The van der Waals surface area contributed by atoms with Crippen LogP contribution < -0.4 is 0 Å². The molecule has 1 heterocycles. The highest BCUT2D eigenvalue weighted by molar-refractivity contribution is 5.73. The molecule has 1 aromatic rings. The third-order valence-electron chi connectivity index (χ3n) is 3.82. The Balaban J connectivity index is 2.57. The fraction of sp³-hybridized carbons (Fsp3) is 0.421. The van der Waals surface area contributed by atoms with E-state index in [1.54, 1.807) is 33.8 Å². The van der Waals surface area contributed by atoms with E-state index in [-0.39, 0.29) is 0 Å². The molecule has 0 spiro atoms. The lowest BCUT2D eigenvalue weighted by Crippen LogP contribution is -2.39. The van der Waals surface area contributed by atoms with Crippen molar-refractivity contribution in [3.05, 3.63) is 47.2 Å². The van der Waals surface area contributed by atoms with Crippen LogP contribution >= 0.6 is 0 Å². The Morgan fingerprint density at radius 3 is 2.38 bits per heavy atom. The van der Waals surface area contributed by atoms with Crippen LogP contribution in [0.25, 0.3) is 0 Å². The van der Waals surface area contributed by atoms with Gasteiger partial charge in [-0.2, -0.15) is 10.5 Å². The predicted molar refractivity (Wildman–Crippen MR) is 89.4 cm³/mol. The summed E-state index contributed by atoms with van der Waals surface area (Å²) in [4.78, 5) is 14.1. The summed E-state index contributed by atoms with van der Waals surface area (Å²) in [6, 6.07) is 10.9. The average Bonchev–Trinajstić information content (AvgIpc) is 2.79. The van der Waals surface area contributed by atoms with E-state index < -0.39 is 23.2 Å². The van der Waals surface area contributed by atoms with E-state index >= 15 is 0 Å². The number of hydrogen-bond acceptors (Lipinski definition) is 4. The van der Waals surface area contributed by atoms with Crippen molar-refractivity contribution >= 4 is 6.09 Å². The molecule has 1 aromatic carbocycles. The summed E-state index contributed by atoms with van der Waals surface area (Å²) in [6.45, 7) is 8.98. The first-order valence-corrected chi connectivity index (χ1v) is 7.74. The highest BCUT2D eigenvalue weighted by Crippen LogP contribution is 2.48. The van der Waals surface area contributed by atoms with E-state index in [1.165, 1.54) is 4.90 Å². The van der Waals surface area contributed by atoms with Crippen molar-refractivity contribution in [2.75, 3.05) is 0 Å². The van der Waals surface area contributed by atoms with Gasteiger partial charge < -0.3 is 4.74 Å². The van der Waals surface area contributed by atoms with Gasteiger partial charge in [0.25, 0.3) is 0 Å². The van der Waals surface area contributed by atoms with Crippen molar-refractivity contribution in [3.63, 3.8) is 0 Å². The van der Waals surface area contributed by atoms with Crippen LogP contribution in [0.3, 0.4) is 0 Å². The van der Waals surface area contributed by atoms with Gasteiger partial charge in [0.05, 0.1) is 12.1 Å². The van der Waals surface area contributed by atoms with Crippen LogP contribution in [-0.2, 0) is 4.74 Å². The van der Waals surface area contributed by atoms with Gasteiger partial charge in [-0.05, 0) is 46.3 Å². The van der Waals surface area contributed by atoms with Gasteiger partial charge in [0, 0.05) is 5.70 Å². The van der Waals surface area contributed by atoms with E-state index in [0.29, 0.717) is 5.70 Å². The predicted octanol–water partition coefficient (Wildman–Crippen LogP) is 4.22. The van der Waals surface area contributed by atoms with Crippen LogP contribution in [0.2, 0.25) is 0 Å². The summed E-state index contributed by atoms with van der Waals surface area (Å²) >= 11 is 0. The zero-order valence-electron chi connectivity index (χ0n) is 14.6. The molecule has 0 aromatic heterocycles. The topological polar surface area (TPSA) is 77.1 Å². The molecule has 0 bridgehead atoms. The number of amides is 1. The van der Waals surface area contributed by atoms with Crippen LogP contribution in [0.15, 0.2) is 36.0 Å². The minimum absolute atomic E-state index is 0.541. The van der Waals surface area contributed by atoms with Gasteiger partial charge in [-0.25, -0.2) is 4.79 Å². The van der Waals surface area contributed by atoms with Crippen molar-refractivity contribution in [1.82, 2.24) is 4.90 Å². The van der Waals surface area contributed by atoms with Crippen molar-refractivity contribution in [3.8, 4) is 12.1 Å². The summed E-state index contributed by atoms with van der Waals surface area (Å²) in [5.41, 5.74) is 0.162. The molecule has 0 fully saturated rings. The number of benzene rings is 1. The summed E-state index contributed by atoms with van der Waals surface area (Å²) in [5.74, 6) is 0. The molecule has 1 aliphatic heterocycles. The van der Waals surface area contributed by atoms with Gasteiger partial charge >= 0.3 is 6.09 Å². The van der Waals surface area contributed by atoms with Crippen LogP contribution in [0.4, 0.5) is 4.79 Å². The third-order valence-corrected chi connectivity index (χ3v) is 3.82. The Hall–Kier alpha value is -2.79. The molecule has 0 saturated carbocycles. The minimum atomic E-state index is -1.44. The van der Waals surface area contributed by atoms with E-state index in [9.17, 15) is 15.3 Å². The maximum Gasteiger partial charge on any atom is 0.415 e. The molecule has 0 N–H and O–H groups in total. The zero-order valence-corrected chi connectivity index (χ0v) is 14.6. The van der Waals surface area contributed by atoms with Gasteiger partial charge in [0.2, 0.25) is 0 Å². The highest BCUT2D eigenvalue weighted by Gasteiger charge is 2.51. The number of allylic oxidation sites excluding steroid dienone is 1. The summed E-state index contributed by atoms with van der Waals surface area (Å²) in [5, 5.41) is 19.3. The zero-order chi connectivity index (χ0) is 18.1. The molecule has 2 rings (SSSR count). The molecule has 24 heavy (non-hydrogen) atoms. The average molecular weight is 323 g/mol. The Kier molecular flexibility index (Phi) is 4.40. The molecule has 1 atom stereocenters. The number of ether oxygens (including phenoxy) is 1. The van der Waals surface area contributed by atoms with Gasteiger partial charge in [-0.15, -0.1) is 0 Å². The van der Waals surface area contributed by atoms with Gasteiger partial charge in [0.15, 0.2) is 5.41 Å². The maximum absolute atomic E-state index is 12.7. The summed E-state index contributed by atoms with van der Waals surface area (Å²) in [6.07, 6.45) is 0.985. The van der Waals surface area contributed by atoms with Gasteiger partial charge in [-0.1, -0.05) is 29.8 Å². The molecule has 0 saturated heterocycles. The summed E-state index contributed by atoms with van der Waals surface area (Å²) in [7, 11) is 0. The van der Waals surface area contributed by atoms with E-state index in [1.807, 2.05) is 31.2 Å². The molecule has 1 aliphatic rings. The Morgan fingerprint density at radius 1 is 1.25 bits per heavy atom. The number of rotatable bonds is 1. The molecule has 5 heteroatoms. The largest absolute Gasteiger partial charge is 0.443 e. The molecular formula is C19H21N3O2. The lowest BCUT2D eigenvalue weighted by atomic mass is 9.80. The molecule has 124 valence electrons. The first kappa shape index (κ1) is 17.6. The van der Waals surface area contributed by atoms with Crippen molar-refractivity contribution in [2.24, 2.45) is 5.41 Å². The first-order valence-electron chi connectivity index (χ1n) is 7.74. The summed E-state index contributed by atoms with van der Waals surface area (Å²) < 4.78 is 5.48. The van der Waals surface area contributed by atoms with Gasteiger partial charge in [-0.3, -0.25) is 4.90 Å². The second-order valence-electron chi connectivity index (χ2n) is 7.05. The first-order chi connectivity index (χ1) is 11.1. The Morgan fingerprint density at radius 2 is 1.88 bits per heavy atom. The molecule has 0 radical (unpaired) electrons. The monoisotopic (exact) mass is 323 g/mol.